The maximum atomic E-state index is 10.0. The molecule has 4 rings (SSSR count). The summed E-state index contributed by atoms with van der Waals surface area (Å²) < 4.78 is 17.3. The molecule has 1 aliphatic carbocycles. The quantitative estimate of drug-likeness (QED) is 0.846. The van der Waals surface area contributed by atoms with Crippen LogP contribution in [-0.2, 0) is 9.47 Å². The molecule has 0 spiro atoms. The Morgan fingerprint density at radius 2 is 1.96 bits per heavy atom. The first-order valence-electron chi connectivity index (χ1n) is 7.83. The van der Waals surface area contributed by atoms with Gasteiger partial charge in [0.25, 0.3) is 0 Å². The van der Waals surface area contributed by atoms with Crippen LogP contribution in [0.5, 0.6) is 0 Å². The van der Waals surface area contributed by atoms with Gasteiger partial charge in [-0.1, -0.05) is 6.42 Å². The lowest BCUT2D eigenvalue weighted by Crippen LogP contribution is -2.60. The minimum Gasteiger partial charge on any atom is -0.466 e. The largest absolute Gasteiger partial charge is 0.466 e. The zero-order chi connectivity index (χ0) is 17.0. The van der Waals surface area contributed by atoms with Crippen molar-refractivity contribution < 1.29 is 13.9 Å². The number of nitriles is 3. The first-order valence-corrected chi connectivity index (χ1v) is 7.83. The van der Waals surface area contributed by atoms with Crippen LogP contribution in [0, 0.1) is 56.2 Å². The second-order valence-electron chi connectivity index (χ2n) is 6.51. The van der Waals surface area contributed by atoms with Crippen molar-refractivity contribution in [2.24, 2.45) is 16.7 Å². The fourth-order valence-electron chi connectivity index (χ4n) is 4.56. The molecule has 24 heavy (non-hydrogen) atoms. The number of rotatable bonds is 1. The molecule has 1 aromatic heterocycles. The van der Waals surface area contributed by atoms with E-state index in [1.807, 2.05) is 12.1 Å². The second kappa shape index (κ2) is 4.60. The zero-order valence-electron chi connectivity index (χ0n) is 12.8. The zero-order valence-corrected chi connectivity index (χ0v) is 12.8. The summed E-state index contributed by atoms with van der Waals surface area (Å²) in [6.07, 6.45) is 3.12. The standard InChI is InChI=1S/C17H14N4O3/c18-8-15(9-19)13(11-4-3-7-22-11)23-17-6-2-1-5-12(17)16(15,10-20)14(21)24-17/h3-4,7,12-13,21H,1-2,5-6H2/t12-,13+,16+,17-/m1/s1. The average molecular weight is 322 g/mol. The predicted molar refractivity (Wildman–Crippen MR) is 77.7 cm³/mol. The van der Waals surface area contributed by atoms with Crippen molar-refractivity contribution in [2.45, 2.75) is 37.6 Å². The van der Waals surface area contributed by atoms with Gasteiger partial charge in [-0.25, -0.2) is 0 Å². The first kappa shape index (κ1) is 14.8. The Morgan fingerprint density at radius 3 is 2.58 bits per heavy atom. The van der Waals surface area contributed by atoms with Crippen LogP contribution in [0.25, 0.3) is 0 Å². The van der Waals surface area contributed by atoms with Gasteiger partial charge in [0.1, 0.15) is 5.76 Å². The number of ether oxygens (including phenoxy) is 2. The van der Waals surface area contributed by atoms with Gasteiger partial charge in [0.05, 0.1) is 30.4 Å². The van der Waals surface area contributed by atoms with Gasteiger partial charge in [-0.2, -0.15) is 15.8 Å². The van der Waals surface area contributed by atoms with Crippen molar-refractivity contribution in [3.05, 3.63) is 24.2 Å². The van der Waals surface area contributed by atoms with Crippen LogP contribution in [0.3, 0.4) is 0 Å². The molecule has 3 heterocycles. The Morgan fingerprint density at radius 1 is 1.17 bits per heavy atom. The summed E-state index contributed by atoms with van der Waals surface area (Å²) in [6.45, 7) is 0. The summed E-state index contributed by atoms with van der Waals surface area (Å²) >= 11 is 0. The third-order valence-corrected chi connectivity index (χ3v) is 5.62. The Bertz CT molecular complexity index is 813. The Kier molecular flexibility index (Phi) is 2.83. The first-order chi connectivity index (χ1) is 11.6. The van der Waals surface area contributed by atoms with Crippen LogP contribution in [0.2, 0.25) is 0 Å². The molecule has 3 fully saturated rings. The lowest BCUT2D eigenvalue weighted by atomic mass is 9.52. The van der Waals surface area contributed by atoms with E-state index in [1.165, 1.54) is 6.26 Å². The van der Waals surface area contributed by atoms with Crippen molar-refractivity contribution in [3.63, 3.8) is 0 Å². The van der Waals surface area contributed by atoms with E-state index in [2.05, 4.69) is 6.07 Å². The highest BCUT2D eigenvalue weighted by molar-refractivity contribution is 5.89. The van der Waals surface area contributed by atoms with Gasteiger partial charge in [-0.05, 0) is 25.0 Å². The van der Waals surface area contributed by atoms with Gasteiger partial charge in [0, 0.05) is 6.42 Å². The molecule has 1 N–H and O–H groups in total. The number of furan rings is 1. The van der Waals surface area contributed by atoms with Crippen LogP contribution in [0.1, 0.15) is 37.5 Å². The molecule has 2 saturated heterocycles. The van der Waals surface area contributed by atoms with Crippen LogP contribution < -0.4 is 0 Å². The highest BCUT2D eigenvalue weighted by atomic mass is 16.7. The highest BCUT2D eigenvalue weighted by Gasteiger charge is 2.80. The summed E-state index contributed by atoms with van der Waals surface area (Å²) in [5.74, 6) is -1.70. The van der Waals surface area contributed by atoms with Gasteiger partial charge < -0.3 is 13.9 Å². The lowest BCUT2D eigenvalue weighted by molar-refractivity contribution is -0.297. The van der Waals surface area contributed by atoms with Crippen LogP contribution in [0.4, 0.5) is 0 Å². The second-order valence-corrected chi connectivity index (χ2v) is 6.51. The van der Waals surface area contributed by atoms with Gasteiger partial charge in [-0.3, -0.25) is 5.41 Å². The SMILES string of the molecule is N#CC1(C#N)[C@H](c2ccco2)O[C@@]23CCCC[C@@H]2[C@@]1(C#N)C(=N)O3. The number of hydrogen-bond donors (Lipinski definition) is 1. The van der Waals surface area contributed by atoms with Crippen LogP contribution in [0.15, 0.2) is 22.8 Å². The topological polar surface area (TPSA) is 127 Å². The van der Waals surface area contributed by atoms with E-state index in [1.54, 1.807) is 12.1 Å². The molecule has 1 aromatic rings. The molecule has 4 atom stereocenters. The molecule has 7 heteroatoms. The number of hydrogen-bond acceptors (Lipinski definition) is 7. The maximum absolute atomic E-state index is 10.0. The minimum atomic E-state index is -1.90. The molecule has 0 unspecified atom stereocenters. The van der Waals surface area contributed by atoms with Gasteiger partial charge in [-0.15, -0.1) is 0 Å². The fraction of sp³-hybridized carbons (Fsp3) is 0.529. The number of nitrogens with zero attached hydrogens (tertiary/aromatic N) is 3. The number of nitrogens with one attached hydrogen (secondary N) is 1. The summed E-state index contributed by atoms with van der Waals surface area (Å²) in [6, 6.07) is 9.36. The predicted octanol–water partition coefficient (Wildman–Crippen LogP) is 2.79. The molecular weight excluding hydrogens is 308 g/mol. The molecule has 2 aliphatic heterocycles. The fourth-order valence-corrected chi connectivity index (χ4v) is 4.56. The van der Waals surface area contributed by atoms with Crippen LogP contribution >= 0.6 is 0 Å². The maximum Gasteiger partial charge on any atom is 0.217 e. The van der Waals surface area contributed by atoms with E-state index in [4.69, 9.17) is 19.3 Å². The lowest BCUT2D eigenvalue weighted by Gasteiger charge is -2.50. The molecule has 1 saturated carbocycles. The van der Waals surface area contributed by atoms with Crippen molar-refractivity contribution in [2.75, 3.05) is 0 Å². The van der Waals surface area contributed by atoms with E-state index in [-0.39, 0.29) is 5.90 Å². The molecule has 0 amide bonds. The van der Waals surface area contributed by atoms with E-state index >= 15 is 0 Å². The summed E-state index contributed by atoms with van der Waals surface area (Å²) in [5.41, 5.74) is -3.56. The van der Waals surface area contributed by atoms with Gasteiger partial charge in [0.2, 0.25) is 17.1 Å². The van der Waals surface area contributed by atoms with Crippen molar-refractivity contribution in [3.8, 4) is 18.2 Å². The van der Waals surface area contributed by atoms with Crippen molar-refractivity contribution in [1.82, 2.24) is 0 Å². The molecule has 7 nitrogen and oxygen atoms in total. The summed E-state index contributed by atoms with van der Waals surface area (Å²) in [7, 11) is 0. The molecule has 0 aromatic carbocycles. The molecular formula is C17H14N4O3. The van der Waals surface area contributed by atoms with E-state index in [0.717, 1.165) is 12.8 Å². The smallest absolute Gasteiger partial charge is 0.217 e. The van der Waals surface area contributed by atoms with E-state index < -0.39 is 28.6 Å². The van der Waals surface area contributed by atoms with Gasteiger partial charge in [0.15, 0.2) is 11.5 Å². The average Bonchev–Trinajstić information content (AvgIpc) is 3.19. The summed E-state index contributed by atoms with van der Waals surface area (Å²) in [4.78, 5) is 0. The highest BCUT2D eigenvalue weighted by Crippen LogP contribution is 2.69. The van der Waals surface area contributed by atoms with Gasteiger partial charge >= 0.3 is 0 Å². The minimum absolute atomic E-state index is 0.291. The van der Waals surface area contributed by atoms with E-state index in [9.17, 15) is 15.8 Å². The monoisotopic (exact) mass is 322 g/mol. The third-order valence-electron chi connectivity index (χ3n) is 5.62. The molecule has 2 bridgehead atoms. The molecule has 120 valence electrons. The van der Waals surface area contributed by atoms with Crippen LogP contribution in [-0.4, -0.2) is 11.7 Å². The third kappa shape index (κ3) is 1.36. The Labute approximate surface area is 138 Å². The Balaban J connectivity index is 2.02. The molecule has 0 radical (unpaired) electrons. The van der Waals surface area contributed by atoms with Crippen molar-refractivity contribution in [1.29, 1.82) is 21.2 Å². The Hall–Kier alpha value is -2.82. The molecule has 3 aliphatic rings. The summed E-state index contributed by atoms with van der Waals surface area (Å²) in [5, 5.41) is 38.2. The van der Waals surface area contributed by atoms with Crippen molar-refractivity contribution >= 4 is 5.90 Å². The van der Waals surface area contributed by atoms with E-state index in [0.29, 0.717) is 18.6 Å². The normalized spacial score (nSPS) is 39.0.